The van der Waals surface area contributed by atoms with Crippen LogP contribution in [0.4, 0.5) is 0 Å². The normalized spacial score (nSPS) is 22.5. The van der Waals surface area contributed by atoms with Gasteiger partial charge in [0.25, 0.3) is 5.91 Å². The van der Waals surface area contributed by atoms with Crippen LogP contribution < -0.4 is 10.1 Å². The fourth-order valence-electron chi connectivity index (χ4n) is 2.76. The molecule has 1 amide bonds. The summed E-state index contributed by atoms with van der Waals surface area (Å²) < 4.78 is 16.6. The van der Waals surface area contributed by atoms with Gasteiger partial charge in [0.2, 0.25) is 5.88 Å². The highest BCUT2D eigenvalue weighted by Crippen LogP contribution is 2.24. The lowest BCUT2D eigenvalue weighted by atomic mass is 10.2. The number of carbonyl (C=O) groups excluding carboxylic acids is 1. The summed E-state index contributed by atoms with van der Waals surface area (Å²) in [5.41, 5.74) is 0.888. The first-order valence-electron chi connectivity index (χ1n) is 7.90. The number of rotatable bonds is 5. The number of nitrogens with zero attached hydrogens (tertiary/aromatic N) is 1. The molecule has 1 atom stereocenters. The molecule has 6 nitrogen and oxygen atoms in total. The van der Waals surface area contributed by atoms with E-state index in [-0.39, 0.29) is 12.0 Å². The van der Waals surface area contributed by atoms with Crippen LogP contribution in [0, 0.1) is 0 Å². The van der Waals surface area contributed by atoms with Crippen molar-refractivity contribution in [3.63, 3.8) is 0 Å². The van der Waals surface area contributed by atoms with E-state index in [2.05, 4.69) is 10.3 Å². The molecule has 0 bridgehead atoms. The van der Waals surface area contributed by atoms with E-state index in [1.807, 2.05) is 12.1 Å². The standard InChI is InChI=1S/C16H22N2O4/c19-15(14-11-20-8-9-21-14)18-10-12-4-3-7-17-16(12)22-13-5-1-2-6-13/h3-4,7,13-14H,1-2,5-6,8-11H2,(H,18,19). The van der Waals surface area contributed by atoms with Crippen LogP contribution in [0.15, 0.2) is 18.3 Å². The molecule has 3 rings (SSSR count). The third kappa shape index (κ3) is 3.96. The lowest BCUT2D eigenvalue weighted by Crippen LogP contribution is -2.42. The van der Waals surface area contributed by atoms with Crippen molar-refractivity contribution < 1.29 is 19.0 Å². The number of amides is 1. The minimum Gasteiger partial charge on any atom is -0.474 e. The number of hydrogen-bond acceptors (Lipinski definition) is 5. The number of ether oxygens (including phenoxy) is 3. The van der Waals surface area contributed by atoms with E-state index < -0.39 is 6.10 Å². The summed E-state index contributed by atoms with van der Waals surface area (Å²) in [7, 11) is 0. The molecule has 2 heterocycles. The van der Waals surface area contributed by atoms with Gasteiger partial charge in [0, 0.05) is 18.3 Å². The summed E-state index contributed by atoms with van der Waals surface area (Å²) in [6, 6.07) is 3.78. The van der Waals surface area contributed by atoms with Gasteiger partial charge in [-0.1, -0.05) is 6.07 Å². The predicted octanol–water partition coefficient (Wildman–Crippen LogP) is 1.43. The average molecular weight is 306 g/mol. The SMILES string of the molecule is O=C(NCc1cccnc1OC1CCCC1)C1COCCO1. The molecule has 0 aromatic carbocycles. The number of hydrogen-bond donors (Lipinski definition) is 1. The maximum Gasteiger partial charge on any atom is 0.251 e. The first-order chi connectivity index (χ1) is 10.8. The maximum absolute atomic E-state index is 12.0. The molecule has 6 heteroatoms. The Hall–Kier alpha value is -1.66. The molecular weight excluding hydrogens is 284 g/mol. The third-order valence-electron chi connectivity index (χ3n) is 3.99. The van der Waals surface area contributed by atoms with Gasteiger partial charge in [0.15, 0.2) is 6.10 Å². The molecule has 1 aromatic rings. The van der Waals surface area contributed by atoms with Crippen LogP contribution in [0.2, 0.25) is 0 Å². The Morgan fingerprint density at radius 2 is 2.23 bits per heavy atom. The molecular formula is C16H22N2O4. The van der Waals surface area contributed by atoms with Gasteiger partial charge in [-0.05, 0) is 31.7 Å². The highest BCUT2D eigenvalue weighted by atomic mass is 16.6. The Balaban J connectivity index is 1.56. The van der Waals surface area contributed by atoms with Crippen molar-refractivity contribution in [1.29, 1.82) is 0 Å². The molecule has 1 unspecified atom stereocenters. The van der Waals surface area contributed by atoms with E-state index in [1.54, 1.807) is 6.20 Å². The molecule has 1 aliphatic heterocycles. The number of pyridine rings is 1. The summed E-state index contributed by atoms with van der Waals surface area (Å²) >= 11 is 0. The van der Waals surface area contributed by atoms with Crippen LogP contribution in [-0.2, 0) is 20.8 Å². The Morgan fingerprint density at radius 1 is 1.36 bits per heavy atom. The monoisotopic (exact) mass is 306 g/mol. The quantitative estimate of drug-likeness (QED) is 0.891. The van der Waals surface area contributed by atoms with Gasteiger partial charge >= 0.3 is 0 Å². The zero-order chi connectivity index (χ0) is 15.2. The van der Waals surface area contributed by atoms with E-state index in [1.165, 1.54) is 12.8 Å². The molecule has 0 radical (unpaired) electrons. The minimum absolute atomic E-state index is 0.157. The lowest BCUT2D eigenvalue weighted by molar-refractivity contribution is -0.147. The fraction of sp³-hybridized carbons (Fsp3) is 0.625. The molecule has 1 aliphatic carbocycles. The molecule has 1 aromatic heterocycles. The fourth-order valence-corrected chi connectivity index (χ4v) is 2.76. The smallest absolute Gasteiger partial charge is 0.251 e. The molecule has 120 valence electrons. The van der Waals surface area contributed by atoms with Crippen molar-refractivity contribution in [3.05, 3.63) is 23.9 Å². The van der Waals surface area contributed by atoms with Crippen LogP contribution in [0.25, 0.3) is 0 Å². The number of aromatic nitrogens is 1. The van der Waals surface area contributed by atoms with Crippen molar-refractivity contribution in [2.24, 2.45) is 0 Å². The summed E-state index contributed by atoms with van der Waals surface area (Å²) in [6.07, 6.45) is 6.02. The molecule has 2 fully saturated rings. The molecule has 1 N–H and O–H groups in total. The molecule has 22 heavy (non-hydrogen) atoms. The van der Waals surface area contributed by atoms with Crippen molar-refractivity contribution >= 4 is 5.91 Å². The second-order valence-corrected chi connectivity index (χ2v) is 5.64. The zero-order valence-corrected chi connectivity index (χ0v) is 12.6. The molecule has 1 saturated carbocycles. The maximum atomic E-state index is 12.0. The van der Waals surface area contributed by atoms with E-state index in [0.717, 1.165) is 18.4 Å². The van der Waals surface area contributed by atoms with Crippen LogP contribution in [-0.4, -0.2) is 42.9 Å². The van der Waals surface area contributed by atoms with Crippen LogP contribution in [0.5, 0.6) is 5.88 Å². The third-order valence-corrected chi connectivity index (χ3v) is 3.99. The van der Waals surface area contributed by atoms with Crippen LogP contribution >= 0.6 is 0 Å². The summed E-state index contributed by atoms with van der Waals surface area (Å²) in [4.78, 5) is 16.4. The minimum atomic E-state index is -0.523. The van der Waals surface area contributed by atoms with Crippen LogP contribution in [0.1, 0.15) is 31.2 Å². The van der Waals surface area contributed by atoms with Gasteiger partial charge in [-0.25, -0.2) is 4.98 Å². The summed E-state index contributed by atoms with van der Waals surface area (Å²) in [5, 5.41) is 2.87. The largest absolute Gasteiger partial charge is 0.474 e. The van der Waals surface area contributed by atoms with E-state index in [0.29, 0.717) is 32.2 Å². The summed E-state index contributed by atoms with van der Waals surface area (Å²) in [6.45, 7) is 1.70. The van der Waals surface area contributed by atoms with Gasteiger partial charge in [-0.3, -0.25) is 4.79 Å². The first kappa shape index (κ1) is 15.2. The summed E-state index contributed by atoms with van der Waals surface area (Å²) in [5.74, 6) is 0.464. The predicted molar refractivity (Wildman–Crippen MR) is 79.5 cm³/mol. The van der Waals surface area contributed by atoms with Crippen molar-refractivity contribution in [2.45, 2.75) is 44.4 Å². The van der Waals surface area contributed by atoms with E-state index in [9.17, 15) is 4.79 Å². The van der Waals surface area contributed by atoms with E-state index in [4.69, 9.17) is 14.2 Å². The Labute approximate surface area is 130 Å². The Kier molecular flexibility index (Phi) is 5.24. The zero-order valence-electron chi connectivity index (χ0n) is 12.6. The first-order valence-corrected chi connectivity index (χ1v) is 7.90. The van der Waals surface area contributed by atoms with Gasteiger partial charge in [-0.2, -0.15) is 0 Å². The van der Waals surface area contributed by atoms with Crippen molar-refractivity contribution in [2.75, 3.05) is 19.8 Å². The van der Waals surface area contributed by atoms with Crippen LogP contribution in [0.3, 0.4) is 0 Å². The number of nitrogens with one attached hydrogen (secondary N) is 1. The van der Waals surface area contributed by atoms with Gasteiger partial charge in [-0.15, -0.1) is 0 Å². The second-order valence-electron chi connectivity index (χ2n) is 5.64. The molecule has 1 saturated heterocycles. The van der Waals surface area contributed by atoms with Crippen molar-refractivity contribution in [3.8, 4) is 5.88 Å². The Bertz CT molecular complexity index is 497. The van der Waals surface area contributed by atoms with Gasteiger partial charge in [0.05, 0.1) is 19.8 Å². The van der Waals surface area contributed by atoms with Gasteiger partial charge < -0.3 is 19.5 Å². The highest BCUT2D eigenvalue weighted by Gasteiger charge is 2.23. The molecule has 2 aliphatic rings. The van der Waals surface area contributed by atoms with E-state index >= 15 is 0 Å². The molecule has 0 spiro atoms. The topological polar surface area (TPSA) is 69.7 Å². The second kappa shape index (κ2) is 7.56. The average Bonchev–Trinajstić information content (AvgIpc) is 3.07. The highest BCUT2D eigenvalue weighted by molar-refractivity contribution is 5.81. The van der Waals surface area contributed by atoms with Gasteiger partial charge in [0.1, 0.15) is 6.10 Å². The Morgan fingerprint density at radius 3 is 3.00 bits per heavy atom. The lowest BCUT2D eigenvalue weighted by Gasteiger charge is -2.22. The van der Waals surface area contributed by atoms with Crippen molar-refractivity contribution in [1.82, 2.24) is 10.3 Å². The number of carbonyl (C=O) groups is 1.